The second-order valence-corrected chi connectivity index (χ2v) is 20.3. The highest BCUT2D eigenvalue weighted by atomic mass is 16.7. The predicted molar refractivity (Wildman–Crippen MR) is 257 cm³/mol. The van der Waals surface area contributed by atoms with Crippen molar-refractivity contribution in [1.82, 2.24) is 31.9 Å². The van der Waals surface area contributed by atoms with E-state index in [1.165, 1.54) is 20.6 Å². The number of carbonyl (C=O) groups is 8. The normalized spacial score (nSPS) is 26.6. The Morgan fingerprint density at radius 3 is 1.82 bits per heavy atom. The lowest BCUT2D eigenvalue weighted by Gasteiger charge is -2.51. The lowest BCUT2D eigenvalue weighted by molar-refractivity contribution is -0.143. The molecule has 3 aliphatic carbocycles. The number of hydrogen-bond acceptors (Lipinski definition) is 14. The van der Waals surface area contributed by atoms with Crippen LogP contribution in [0.1, 0.15) is 124 Å². The zero-order chi connectivity index (χ0) is 52.7. The van der Waals surface area contributed by atoms with Crippen molar-refractivity contribution in [2.75, 3.05) is 66.8 Å². The van der Waals surface area contributed by atoms with Gasteiger partial charge in [-0.2, -0.15) is 0 Å². The number of carboxylic acid groups (broad SMARTS) is 2. The molecule has 0 saturated heterocycles. The first-order chi connectivity index (χ1) is 33.6. The van der Waals surface area contributed by atoms with Crippen LogP contribution in [0.15, 0.2) is 0 Å². The van der Waals surface area contributed by atoms with E-state index in [4.69, 9.17) is 18.9 Å². The fourth-order valence-electron chi connectivity index (χ4n) is 11.1. The molecule has 6 amide bonds. The summed E-state index contributed by atoms with van der Waals surface area (Å²) in [6.07, 6.45) is 6.08. The van der Waals surface area contributed by atoms with E-state index in [-0.39, 0.29) is 107 Å². The number of hydrogen-bond donors (Lipinski definition) is 10. The molecule has 0 heterocycles. The Hall–Kier alpha value is -4.48. The Balaban J connectivity index is 1.31. The SMILES string of the molecule is COC(CNC(=O)CNC(=O)CNC(=O)COCCOCCNC(=O)CC[C@H](NC(=O)CC[C@H](NC(=O)CC[C@@H](C)[C@H]1CC[C@H]2C[C@H](O)C[C@@H]3CCCC[C@]3(C)[C@H](C)C[C@H](O)[C@@]21C)C(=O)O)C(=O)O)OC. The van der Waals surface area contributed by atoms with Crippen molar-refractivity contribution in [3.8, 4) is 0 Å². The average Bonchev–Trinajstić information content (AvgIpc) is 3.66. The van der Waals surface area contributed by atoms with Crippen LogP contribution in [0.25, 0.3) is 0 Å². The molecule has 3 rings (SSSR count). The van der Waals surface area contributed by atoms with Gasteiger partial charge in [0.05, 0.1) is 51.7 Å². The van der Waals surface area contributed by atoms with Crippen molar-refractivity contribution in [3.05, 3.63) is 0 Å². The number of aliphatic carboxylic acids is 2. The Morgan fingerprint density at radius 2 is 1.20 bits per heavy atom. The smallest absolute Gasteiger partial charge is 0.326 e. The standard InChI is InChI=1S/C49H84N6O16/c1-30(35-12-11-33-25-34(56)24-32-9-7-8-18-48(32,3)31(2)23-38(57)49(33,35)4)10-15-40(59)54-37(47(66)67)14-17-41(60)55-36(46(64)65)13-16-39(58)50-19-20-70-21-22-71-29-44(63)52-27-42(61)51-26-43(62)53-28-45(68-5)69-6/h30-38,45,56-57H,7-29H2,1-6H3,(H,50,58)(H,51,61)(H,52,63)(H,53,62)(H,54,59)(H,55,60)(H,64,65)(H,66,67)/t30-,31-,32+,33+,34-,35-,36+,37+,38+,48-,49+/m1/s1. The molecule has 406 valence electrons. The van der Waals surface area contributed by atoms with Crippen LogP contribution in [0.2, 0.25) is 0 Å². The predicted octanol–water partition coefficient (Wildman–Crippen LogP) is 0.990. The summed E-state index contributed by atoms with van der Waals surface area (Å²) in [6, 6.07) is -2.83. The summed E-state index contributed by atoms with van der Waals surface area (Å²) >= 11 is 0. The molecule has 3 saturated carbocycles. The highest BCUT2D eigenvalue weighted by molar-refractivity contribution is 5.88. The molecule has 22 nitrogen and oxygen atoms in total. The highest BCUT2D eigenvalue weighted by Gasteiger charge is 2.55. The molecule has 22 heteroatoms. The minimum atomic E-state index is -1.43. The monoisotopic (exact) mass is 1010 g/mol. The van der Waals surface area contributed by atoms with Crippen LogP contribution < -0.4 is 31.9 Å². The summed E-state index contributed by atoms with van der Waals surface area (Å²) < 4.78 is 20.4. The molecule has 71 heavy (non-hydrogen) atoms. The first-order valence-electron chi connectivity index (χ1n) is 25.3. The molecule has 11 atom stereocenters. The van der Waals surface area contributed by atoms with Crippen LogP contribution in [0, 0.1) is 40.4 Å². The van der Waals surface area contributed by atoms with Gasteiger partial charge in [0.15, 0.2) is 6.29 Å². The van der Waals surface area contributed by atoms with Gasteiger partial charge in [0.2, 0.25) is 35.4 Å². The van der Waals surface area contributed by atoms with E-state index in [0.717, 1.165) is 38.5 Å². The first-order valence-corrected chi connectivity index (χ1v) is 25.3. The average molecular weight is 1010 g/mol. The summed E-state index contributed by atoms with van der Waals surface area (Å²) in [5.74, 6) is -5.15. The van der Waals surface area contributed by atoms with Gasteiger partial charge in [0.25, 0.3) is 0 Å². The molecule has 0 unspecified atom stereocenters. The van der Waals surface area contributed by atoms with E-state index in [9.17, 15) is 58.8 Å². The van der Waals surface area contributed by atoms with Crippen molar-refractivity contribution in [3.63, 3.8) is 0 Å². The van der Waals surface area contributed by atoms with E-state index in [0.29, 0.717) is 25.2 Å². The number of rotatable bonds is 30. The molecular formula is C49H84N6O16. The van der Waals surface area contributed by atoms with Crippen molar-refractivity contribution in [2.24, 2.45) is 40.4 Å². The summed E-state index contributed by atoms with van der Waals surface area (Å²) in [5.41, 5.74) is -0.394. The van der Waals surface area contributed by atoms with Gasteiger partial charge in [0, 0.05) is 40.0 Å². The van der Waals surface area contributed by atoms with Crippen molar-refractivity contribution < 1.29 is 77.7 Å². The summed E-state index contributed by atoms with van der Waals surface area (Å²) in [5, 5.41) is 57.6. The van der Waals surface area contributed by atoms with Gasteiger partial charge in [-0.3, -0.25) is 28.8 Å². The second-order valence-electron chi connectivity index (χ2n) is 20.3. The van der Waals surface area contributed by atoms with E-state index in [1.807, 2.05) is 0 Å². The molecular weight excluding hydrogens is 929 g/mol. The fraction of sp³-hybridized carbons (Fsp3) is 0.837. The van der Waals surface area contributed by atoms with E-state index in [1.54, 1.807) is 0 Å². The Bertz CT molecular complexity index is 1750. The molecule has 0 aliphatic heterocycles. The van der Waals surface area contributed by atoms with Crippen LogP contribution >= 0.6 is 0 Å². The number of carboxylic acids is 2. The molecule has 3 aliphatic rings. The highest BCUT2D eigenvalue weighted by Crippen LogP contribution is 2.59. The minimum absolute atomic E-state index is 0.0240. The van der Waals surface area contributed by atoms with Crippen LogP contribution in [0.5, 0.6) is 0 Å². The number of nitrogens with one attached hydrogen (secondary N) is 6. The van der Waals surface area contributed by atoms with Gasteiger partial charge in [-0.15, -0.1) is 0 Å². The molecule has 0 radical (unpaired) electrons. The minimum Gasteiger partial charge on any atom is -0.480 e. The molecule has 0 bridgehead atoms. The quantitative estimate of drug-likeness (QED) is 0.0354. The number of methoxy groups -OCH3 is 2. The molecule has 0 aromatic rings. The third kappa shape index (κ3) is 19.8. The number of fused-ring (bicyclic) bond motifs is 2. The number of aliphatic hydroxyl groups excluding tert-OH is 2. The third-order valence-electron chi connectivity index (χ3n) is 15.6. The molecule has 3 fully saturated rings. The van der Waals surface area contributed by atoms with E-state index >= 15 is 0 Å². The topological polar surface area (TPSA) is 327 Å². The van der Waals surface area contributed by atoms with Crippen molar-refractivity contribution in [2.45, 2.75) is 155 Å². The maximum absolute atomic E-state index is 13.2. The molecule has 0 aromatic carbocycles. The lowest BCUT2D eigenvalue weighted by Crippen LogP contribution is -2.49. The van der Waals surface area contributed by atoms with Crippen LogP contribution in [0.4, 0.5) is 0 Å². The van der Waals surface area contributed by atoms with Gasteiger partial charge in [-0.05, 0) is 105 Å². The summed E-state index contributed by atoms with van der Waals surface area (Å²) in [6.45, 7) is 8.12. The Labute approximate surface area is 417 Å². The third-order valence-corrected chi connectivity index (χ3v) is 15.6. The van der Waals surface area contributed by atoms with Gasteiger partial charge in [-0.1, -0.05) is 40.5 Å². The van der Waals surface area contributed by atoms with Crippen LogP contribution in [-0.4, -0.2) is 165 Å². The van der Waals surface area contributed by atoms with E-state index < -0.39 is 89.8 Å². The van der Waals surface area contributed by atoms with Crippen LogP contribution in [-0.2, 0) is 57.3 Å². The van der Waals surface area contributed by atoms with Crippen molar-refractivity contribution in [1.29, 1.82) is 0 Å². The second kappa shape index (κ2) is 30.5. The Morgan fingerprint density at radius 1 is 0.634 bits per heavy atom. The number of amides is 6. The zero-order valence-corrected chi connectivity index (χ0v) is 42.7. The van der Waals surface area contributed by atoms with E-state index in [2.05, 4.69) is 59.6 Å². The van der Waals surface area contributed by atoms with Gasteiger partial charge in [0.1, 0.15) is 18.7 Å². The fourth-order valence-corrected chi connectivity index (χ4v) is 11.1. The van der Waals surface area contributed by atoms with Gasteiger partial charge in [-0.25, -0.2) is 9.59 Å². The molecule has 10 N–H and O–H groups in total. The summed E-state index contributed by atoms with van der Waals surface area (Å²) in [4.78, 5) is 98.0. The van der Waals surface area contributed by atoms with Crippen molar-refractivity contribution >= 4 is 47.4 Å². The maximum Gasteiger partial charge on any atom is 0.326 e. The molecule has 0 aromatic heterocycles. The molecule has 0 spiro atoms. The number of ether oxygens (including phenoxy) is 4. The zero-order valence-electron chi connectivity index (χ0n) is 42.7. The Kier molecular flexibility index (Phi) is 26.2. The number of aliphatic hydroxyl groups is 2. The van der Waals surface area contributed by atoms with Crippen LogP contribution in [0.3, 0.4) is 0 Å². The van der Waals surface area contributed by atoms with Gasteiger partial charge < -0.3 is 71.3 Å². The number of carbonyl (C=O) groups excluding carboxylic acids is 6. The summed E-state index contributed by atoms with van der Waals surface area (Å²) in [7, 11) is 2.83. The lowest BCUT2D eigenvalue weighted by atomic mass is 9.55. The van der Waals surface area contributed by atoms with Gasteiger partial charge >= 0.3 is 11.9 Å². The largest absolute Gasteiger partial charge is 0.480 e. The maximum atomic E-state index is 13.2. The first kappa shape index (κ1) is 60.8.